The Labute approximate surface area is 165 Å². The van der Waals surface area contributed by atoms with Crippen LogP contribution >= 0.6 is 23.2 Å². The number of rotatable bonds is 3. The zero-order valence-corrected chi connectivity index (χ0v) is 16.1. The first-order valence-electron chi connectivity index (χ1n) is 8.66. The summed E-state index contributed by atoms with van der Waals surface area (Å²) in [6.45, 7) is 0.474. The average Bonchev–Trinajstić information content (AvgIpc) is 2.77. The molecule has 0 radical (unpaired) electrons. The summed E-state index contributed by atoms with van der Waals surface area (Å²) in [5.74, 6) is -1.19. The first kappa shape index (κ1) is 20.7. The molecule has 2 fully saturated rings. The number of aryl methyl sites for hydroxylation is 1. The van der Waals surface area contributed by atoms with Gasteiger partial charge in [0.1, 0.15) is 6.61 Å². The zero-order valence-electron chi connectivity index (χ0n) is 14.6. The van der Waals surface area contributed by atoms with Crippen molar-refractivity contribution in [3.05, 3.63) is 33.3 Å². The van der Waals surface area contributed by atoms with Gasteiger partial charge >= 0.3 is 6.18 Å². The summed E-state index contributed by atoms with van der Waals surface area (Å²) in [5.41, 5.74) is 0.347. The van der Waals surface area contributed by atoms with Gasteiger partial charge in [0.25, 0.3) is 0 Å². The Bertz CT molecular complexity index is 710. The van der Waals surface area contributed by atoms with Crippen molar-refractivity contribution in [3.8, 4) is 0 Å². The van der Waals surface area contributed by atoms with E-state index < -0.39 is 36.4 Å². The highest BCUT2D eigenvalue weighted by atomic mass is 35.5. The highest BCUT2D eigenvalue weighted by Gasteiger charge is 2.54. The Balaban J connectivity index is 1.75. The number of carbonyl (C=O) groups is 1. The minimum absolute atomic E-state index is 0.304. The summed E-state index contributed by atoms with van der Waals surface area (Å²) < 4.78 is 41.9. The van der Waals surface area contributed by atoms with E-state index >= 15 is 0 Å². The van der Waals surface area contributed by atoms with Crippen LogP contribution in [-0.4, -0.2) is 41.5 Å². The maximum Gasteiger partial charge on any atom is 0.411 e. The Morgan fingerprint density at radius 3 is 2.48 bits per heavy atom. The van der Waals surface area contributed by atoms with Crippen LogP contribution in [-0.2, 0) is 9.53 Å². The van der Waals surface area contributed by atoms with Crippen molar-refractivity contribution < 1.29 is 27.8 Å². The Morgan fingerprint density at radius 1 is 1.30 bits per heavy atom. The van der Waals surface area contributed by atoms with Gasteiger partial charge in [0, 0.05) is 10.0 Å². The van der Waals surface area contributed by atoms with Gasteiger partial charge in [-0.15, -0.1) is 0 Å². The van der Waals surface area contributed by atoms with Gasteiger partial charge in [-0.25, -0.2) is 0 Å². The Kier molecular flexibility index (Phi) is 5.70. The molecule has 1 aliphatic heterocycles. The zero-order chi connectivity index (χ0) is 20.0. The first-order chi connectivity index (χ1) is 12.5. The van der Waals surface area contributed by atoms with Crippen LogP contribution in [0.4, 0.5) is 13.2 Å². The van der Waals surface area contributed by atoms with Gasteiger partial charge in [0.2, 0.25) is 5.91 Å². The number of hydrogen-bond donors (Lipinski definition) is 2. The lowest BCUT2D eigenvalue weighted by Gasteiger charge is -2.39. The van der Waals surface area contributed by atoms with E-state index in [0.717, 1.165) is 0 Å². The summed E-state index contributed by atoms with van der Waals surface area (Å²) in [4.78, 5) is 12.6. The van der Waals surface area contributed by atoms with Gasteiger partial charge in [0.15, 0.2) is 0 Å². The van der Waals surface area contributed by atoms with Crippen LogP contribution in [0.1, 0.15) is 42.7 Å². The fourth-order valence-electron chi connectivity index (χ4n) is 4.16. The quantitative estimate of drug-likeness (QED) is 0.764. The molecule has 1 heterocycles. The summed E-state index contributed by atoms with van der Waals surface area (Å²) in [7, 11) is 0. The lowest BCUT2D eigenvalue weighted by atomic mass is 9.74. The van der Waals surface area contributed by atoms with Gasteiger partial charge in [0.05, 0.1) is 23.7 Å². The van der Waals surface area contributed by atoms with Crippen molar-refractivity contribution in [3.63, 3.8) is 0 Å². The normalized spacial score (nSPS) is 31.4. The van der Waals surface area contributed by atoms with E-state index in [0.29, 0.717) is 46.9 Å². The van der Waals surface area contributed by atoms with Crippen molar-refractivity contribution >= 4 is 29.1 Å². The Morgan fingerprint density at radius 2 is 1.93 bits per heavy atom. The number of carbonyl (C=O) groups excluding carboxylic acids is 1. The topological polar surface area (TPSA) is 58.6 Å². The van der Waals surface area contributed by atoms with Crippen LogP contribution in [0.25, 0.3) is 0 Å². The van der Waals surface area contributed by atoms with Crippen molar-refractivity contribution in [1.29, 1.82) is 0 Å². The van der Waals surface area contributed by atoms with Crippen LogP contribution in [0.5, 0.6) is 0 Å². The lowest BCUT2D eigenvalue weighted by molar-refractivity contribution is -0.189. The molecule has 27 heavy (non-hydrogen) atoms. The van der Waals surface area contributed by atoms with Gasteiger partial charge in [-0.3, -0.25) is 4.79 Å². The third-order valence-electron chi connectivity index (χ3n) is 5.46. The minimum atomic E-state index is -4.37. The fraction of sp³-hybridized carbons (Fsp3) is 0.611. The molecule has 2 atom stereocenters. The summed E-state index contributed by atoms with van der Waals surface area (Å²) in [5, 5.41) is 14.6. The molecule has 0 aromatic heterocycles. The summed E-state index contributed by atoms with van der Waals surface area (Å²) >= 11 is 12.3. The summed E-state index contributed by atoms with van der Waals surface area (Å²) in [6, 6.07) is 3.20. The molecular formula is C18H20Cl2F3NO3. The number of halogens is 5. The van der Waals surface area contributed by atoms with E-state index in [1.165, 1.54) is 6.07 Å². The van der Waals surface area contributed by atoms with Gasteiger partial charge < -0.3 is 15.2 Å². The van der Waals surface area contributed by atoms with E-state index in [9.17, 15) is 23.1 Å². The maximum absolute atomic E-state index is 12.6. The van der Waals surface area contributed by atoms with Gasteiger partial charge in [-0.05, 0) is 55.9 Å². The molecule has 9 heteroatoms. The van der Waals surface area contributed by atoms with Crippen LogP contribution in [0.2, 0.25) is 10.0 Å². The number of ether oxygens (including phenoxy) is 1. The van der Waals surface area contributed by atoms with E-state index in [1.807, 2.05) is 0 Å². The number of aliphatic hydroxyl groups excluding tert-OH is 1. The number of hydrogen-bond acceptors (Lipinski definition) is 3. The summed E-state index contributed by atoms with van der Waals surface area (Å²) in [6.07, 6.45) is -4.62. The highest BCUT2D eigenvalue weighted by Crippen LogP contribution is 2.45. The van der Waals surface area contributed by atoms with E-state index in [1.54, 1.807) is 13.0 Å². The standard InChI is InChI=1S/C18H20Cl2F3NO3/c1-9-6-10(19)7-12(20)13(9)14-15(25)17(24-16(14)26)4-2-11(3-5-17)27-8-18(21,22)23/h6-7,11,14-15,25H,2-5,8H2,1H3,(H,24,26)/t11?,14-,15?,17?/m1/s1. The molecule has 2 N–H and O–H groups in total. The predicted molar refractivity (Wildman–Crippen MR) is 95.1 cm³/mol. The number of nitrogens with one attached hydrogen (secondary N) is 1. The van der Waals surface area contributed by atoms with Crippen molar-refractivity contribution in [2.24, 2.45) is 0 Å². The molecule has 3 rings (SSSR count). The Hall–Kier alpha value is -1.02. The molecule has 1 aliphatic carbocycles. The van der Waals surface area contributed by atoms with E-state index in [-0.39, 0.29) is 5.91 Å². The second kappa shape index (κ2) is 7.43. The van der Waals surface area contributed by atoms with Crippen LogP contribution in [0.3, 0.4) is 0 Å². The molecule has 1 saturated carbocycles. The molecule has 1 spiro atoms. The maximum atomic E-state index is 12.6. The van der Waals surface area contributed by atoms with E-state index in [4.69, 9.17) is 27.9 Å². The van der Waals surface area contributed by atoms with Gasteiger partial charge in [-0.1, -0.05) is 23.2 Å². The minimum Gasteiger partial charge on any atom is -0.389 e. The molecule has 1 amide bonds. The van der Waals surface area contributed by atoms with E-state index in [2.05, 4.69) is 5.32 Å². The molecule has 1 saturated heterocycles. The van der Waals surface area contributed by atoms with Crippen molar-refractivity contribution in [2.75, 3.05) is 6.61 Å². The van der Waals surface area contributed by atoms with Crippen LogP contribution in [0.15, 0.2) is 12.1 Å². The van der Waals surface area contributed by atoms with Crippen molar-refractivity contribution in [1.82, 2.24) is 5.32 Å². The predicted octanol–water partition coefficient (Wildman–Crippen LogP) is 4.14. The molecule has 0 bridgehead atoms. The smallest absolute Gasteiger partial charge is 0.389 e. The third-order valence-corrected chi connectivity index (χ3v) is 5.99. The second-order valence-electron chi connectivity index (χ2n) is 7.31. The van der Waals surface area contributed by atoms with Crippen LogP contribution < -0.4 is 5.32 Å². The SMILES string of the molecule is Cc1cc(Cl)cc(Cl)c1[C@H]1C(=O)NC2(CCC(OCC(F)(F)F)CC2)C1O. The fourth-order valence-corrected chi connectivity index (χ4v) is 4.87. The van der Waals surface area contributed by atoms with Crippen molar-refractivity contribution in [2.45, 2.75) is 62.4 Å². The average molecular weight is 426 g/mol. The molecule has 1 aromatic rings. The number of aliphatic hydroxyl groups is 1. The first-order valence-corrected chi connectivity index (χ1v) is 9.42. The number of benzene rings is 1. The third kappa shape index (κ3) is 4.21. The lowest BCUT2D eigenvalue weighted by Crippen LogP contribution is -2.52. The molecular weight excluding hydrogens is 406 g/mol. The number of alkyl halides is 3. The molecule has 1 aromatic carbocycles. The monoisotopic (exact) mass is 425 g/mol. The molecule has 4 nitrogen and oxygen atoms in total. The molecule has 2 aliphatic rings. The largest absolute Gasteiger partial charge is 0.411 e. The highest BCUT2D eigenvalue weighted by molar-refractivity contribution is 6.35. The molecule has 1 unspecified atom stereocenters. The van der Waals surface area contributed by atoms with Gasteiger partial charge in [-0.2, -0.15) is 13.2 Å². The van der Waals surface area contributed by atoms with Crippen LogP contribution in [0, 0.1) is 6.92 Å². The molecule has 150 valence electrons. The second-order valence-corrected chi connectivity index (χ2v) is 8.16. The number of amides is 1.